The summed E-state index contributed by atoms with van der Waals surface area (Å²) in [5, 5.41) is 8.81. The molecular formula is C22H26ClN3O3S. The number of thiocarbonyl (C=S) groups is 1. The van der Waals surface area contributed by atoms with Gasteiger partial charge in [-0.1, -0.05) is 32.4 Å². The third-order valence-electron chi connectivity index (χ3n) is 3.90. The molecule has 3 N–H and O–H groups in total. The van der Waals surface area contributed by atoms with Crippen LogP contribution < -0.4 is 20.7 Å². The first kappa shape index (κ1) is 23.6. The third-order valence-corrected chi connectivity index (χ3v) is 4.44. The summed E-state index contributed by atoms with van der Waals surface area (Å²) in [4.78, 5) is 24.2. The van der Waals surface area contributed by atoms with E-state index in [-0.39, 0.29) is 16.9 Å². The maximum absolute atomic E-state index is 12.4. The number of hydrogen-bond acceptors (Lipinski definition) is 4. The van der Waals surface area contributed by atoms with Crippen molar-refractivity contribution in [1.82, 2.24) is 5.32 Å². The summed E-state index contributed by atoms with van der Waals surface area (Å²) in [5.41, 5.74) is 1.52. The van der Waals surface area contributed by atoms with E-state index in [0.717, 1.165) is 6.42 Å². The summed E-state index contributed by atoms with van der Waals surface area (Å²) in [6.07, 6.45) is 1.19. The van der Waals surface area contributed by atoms with Crippen LogP contribution in [0.15, 0.2) is 42.5 Å². The Hall–Kier alpha value is -2.64. The molecule has 8 heteroatoms. The number of benzene rings is 2. The van der Waals surface area contributed by atoms with E-state index < -0.39 is 0 Å². The SMILES string of the molecule is CCCC(=O)Nc1ccc(Cl)c(NC(=S)NC(=O)c2ccc(OCC(C)C)cc2)c1. The van der Waals surface area contributed by atoms with Crippen LogP contribution in [0.25, 0.3) is 0 Å². The Morgan fingerprint density at radius 3 is 2.43 bits per heavy atom. The molecular weight excluding hydrogens is 422 g/mol. The van der Waals surface area contributed by atoms with Gasteiger partial charge in [-0.05, 0) is 67.0 Å². The summed E-state index contributed by atoms with van der Waals surface area (Å²) in [7, 11) is 0. The minimum absolute atomic E-state index is 0.0810. The van der Waals surface area contributed by atoms with Crippen molar-refractivity contribution >= 4 is 52.1 Å². The molecule has 0 atom stereocenters. The highest BCUT2D eigenvalue weighted by Crippen LogP contribution is 2.25. The molecule has 0 aliphatic rings. The molecule has 2 rings (SSSR count). The first-order valence-electron chi connectivity index (χ1n) is 9.73. The van der Waals surface area contributed by atoms with E-state index in [1.54, 1.807) is 42.5 Å². The van der Waals surface area contributed by atoms with Gasteiger partial charge in [0.2, 0.25) is 5.91 Å². The van der Waals surface area contributed by atoms with Crippen LogP contribution in [0.4, 0.5) is 11.4 Å². The second-order valence-corrected chi connectivity index (χ2v) is 7.95. The summed E-state index contributed by atoms with van der Waals surface area (Å²) in [6.45, 7) is 6.67. The number of hydrogen-bond donors (Lipinski definition) is 3. The van der Waals surface area contributed by atoms with Gasteiger partial charge in [-0.25, -0.2) is 0 Å². The molecule has 2 amide bonds. The Morgan fingerprint density at radius 1 is 1.10 bits per heavy atom. The molecule has 0 unspecified atom stereocenters. The molecule has 30 heavy (non-hydrogen) atoms. The molecule has 2 aromatic rings. The molecule has 0 aliphatic heterocycles. The number of ether oxygens (including phenoxy) is 1. The van der Waals surface area contributed by atoms with Gasteiger partial charge in [0, 0.05) is 17.7 Å². The average Bonchev–Trinajstić information content (AvgIpc) is 2.69. The summed E-state index contributed by atoms with van der Waals surface area (Å²) >= 11 is 11.4. The maximum atomic E-state index is 12.4. The van der Waals surface area contributed by atoms with Gasteiger partial charge in [0.05, 0.1) is 17.3 Å². The van der Waals surface area contributed by atoms with Crippen molar-refractivity contribution < 1.29 is 14.3 Å². The second kappa shape index (κ2) is 11.5. The fourth-order valence-electron chi connectivity index (χ4n) is 2.44. The van der Waals surface area contributed by atoms with E-state index in [1.165, 1.54) is 0 Å². The summed E-state index contributed by atoms with van der Waals surface area (Å²) in [6, 6.07) is 11.8. The molecule has 0 heterocycles. The number of halogens is 1. The lowest BCUT2D eigenvalue weighted by Gasteiger charge is -2.13. The van der Waals surface area contributed by atoms with E-state index in [1.807, 2.05) is 6.92 Å². The fraction of sp³-hybridized carbons (Fsp3) is 0.318. The van der Waals surface area contributed by atoms with Gasteiger partial charge >= 0.3 is 0 Å². The zero-order valence-corrected chi connectivity index (χ0v) is 18.8. The Balaban J connectivity index is 1.96. The quantitative estimate of drug-likeness (QED) is 0.482. The van der Waals surface area contributed by atoms with Gasteiger partial charge in [0.15, 0.2) is 5.11 Å². The number of nitrogens with one attached hydrogen (secondary N) is 3. The second-order valence-electron chi connectivity index (χ2n) is 7.13. The minimum Gasteiger partial charge on any atom is -0.493 e. The van der Waals surface area contributed by atoms with Gasteiger partial charge in [0.25, 0.3) is 5.91 Å². The van der Waals surface area contributed by atoms with Crippen molar-refractivity contribution in [3.8, 4) is 5.75 Å². The van der Waals surface area contributed by atoms with E-state index in [9.17, 15) is 9.59 Å². The zero-order chi connectivity index (χ0) is 22.1. The summed E-state index contributed by atoms with van der Waals surface area (Å²) in [5.74, 6) is 0.685. The fourth-order valence-corrected chi connectivity index (χ4v) is 2.81. The lowest BCUT2D eigenvalue weighted by molar-refractivity contribution is -0.116. The molecule has 0 spiro atoms. The maximum Gasteiger partial charge on any atom is 0.257 e. The van der Waals surface area contributed by atoms with E-state index in [4.69, 9.17) is 28.6 Å². The number of rotatable bonds is 8. The first-order valence-corrected chi connectivity index (χ1v) is 10.5. The van der Waals surface area contributed by atoms with Crippen molar-refractivity contribution in [3.05, 3.63) is 53.1 Å². The van der Waals surface area contributed by atoms with Gasteiger partial charge in [-0.3, -0.25) is 14.9 Å². The highest BCUT2D eigenvalue weighted by atomic mass is 35.5. The average molecular weight is 448 g/mol. The van der Waals surface area contributed by atoms with Crippen molar-refractivity contribution in [2.75, 3.05) is 17.2 Å². The summed E-state index contributed by atoms with van der Waals surface area (Å²) < 4.78 is 5.61. The van der Waals surface area contributed by atoms with Crippen LogP contribution in [0.2, 0.25) is 5.02 Å². The van der Waals surface area contributed by atoms with Crippen LogP contribution in [0, 0.1) is 5.92 Å². The topological polar surface area (TPSA) is 79.5 Å². The molecule has 0 bridgehead atoms. The van der Waals surface area contributed by atoms with Crippen LogP contribution >= 0.6 is 23.8 Å². The largest absolute Gasteiger partial charge is 0.493 e. The molecule has 160 valence electrons. The van der Waals surface area contributed by atoms with Crippen molar-refractivity contribution in [2.24, 2.45) is 5.92 Å². The van der Waals surface area contributed by atoms with Gasteiger partial charge in [-0.15, -0.1) is 0 Å². The first-order chi connectivity index (χ1) is 14.3. The molecule has 2 aromatic carbocycles. The van der Waals surface area contributed by atoms with Crippen LogP contribution in [0.1, 0.15) is 44.0 Å². The van der Waals surface area contributed by atoms with Crippen LogP contribution in [0.5, 0.6) is 5.75 Å². The monoisotopic (exact) mass is 447 g/mol. The number of anilines is 2. The predicted molar refractivity (Wildman–Crippen MR) is 125 cm³/mol. The molecule has 0 aliphatic carbocycles. The van der Waals surface area contributed by atoms with Crippen LogP contribution in [-0.4, -0.2) is 23.5 Å². The highest BCUT2D eigenvalue weighted by Gasteiger charge is 2.11. The van der Waals surface area contributed by atoms with Gasteiger partial charge in [0.1, 0.15) is 5.75 Å². The van der Waals surface area contributed by atoms with Crippen molar-refractivity contribution in [2.45, 2.75) is 33.6 Å². The predicted octanol–water partition coefficient (Wildman–Crippen LogP) is 5.24. The van der Waals surface area contributed by atoms with Crippen LogP contribution in [0.3, 0.4) is 0 Å². The lowest BCUT2D eigenvalue weighted by atomic mass is 10.2. The standard InChI is InChI=1S/C22H26ClN3O3S/c1-4-5-20(27)24-16-8-11-18(23)19(12-16)25-22(30)26-21(28)15-6-9-17(10-7-15)29-13-14(2)3/h6-12,14H,4-5,13H2,1-3H3,(H,24,27)(H2,25,26,28,30). The lowest BCUT2D eigenvalue weighted by Crippen LogP contribution is -2.34. The van der Waals surface area contributed by atoms with E-state index in [2.05, 4.69) is 29.8 Å². The molecule has 0 radical (unpaired) electrons. The molecule has 0 saturated carbocycles. The van der Waals surface area contributed by atoms with Crippen molar-refractivity contribution in [3.63, 3.8) is 0 Å². The Morgan fingerprint density at radius 2 is 1.80 bits per heavy atom. The minimum atomic E-state index is -0.355. The zero-order valence-electron chi connectivity index (χ0n) is 17.3. The highest BCUT2D eigenvalue weighted by molar-refractivity contribution is 7.80. The van der Waals surface area contributed by atoms with Crippen LogP contribution in [-0.2, 0) is 4.79 Å². The third kappa shape index (κ3) is 7.65. The Labute approximate surface area is 187 Å². The number of carbonyl (C=O) groups excluding carboxylic acids is 2. The van der Waals surface area contributed by atoms with E-state index in [0.29, 0.717) is 46.7 Å². The Kier molecular flexibility index (Phi) is 9.08. The number of carbonyl (C=O) groups is 2. The van der Waals surface area contributed by atoms with E-state index >= 15 is 0 Å². The normalized spacial score (nSPS) is 10.4. The van der Waals surface area contributed by atoms with Gasteiger partial charge in [-0.2, -0.15) is 0 Å². The number of amides is 2. The van der Waals surface area contributed by atoms with Crippen molar-refractivity contribution in [1.29, 1.82) is 0 Å². The molecule has 0 aromatic heterocycles. The molecule has 6 nitrogen and oxygen atoms in total. The van der Waals surface area contributed by atoms with Gasteiger partial charge < -0.3 is 15.4 Å². The Bertz CT molecular complexity index is 901. The molecule has 0 saturated heterocycles. The molecule has 0 fully saturated rings. The smallest absolute Gasteiger partial charge is 0.257 e.